The second-order valence-electron chi connectivity index (χ2n) is 9.16. The molecule has 8 N–H and O–H groups in total. The van der Waals surface area contributed by atoms with E-state index in [9.17, 15) is 28.8 Å². The molecule has 2 aromatic rings. The molecule has 22 heteroatoms. The number of aliphatic carboxylic acids is 2. The Morgan fingerprint density at radius 1 is 0.591 bits per heavy atom. The zero-order valence-corrected chi connectivity index (χ0v) is 24.4. The van der Waals surface area contributed by atoms with E-state index < -0.39 is 36.6 Å². The highest BCUT2D eigenvalue weighted by Gasteiger charge is 2.10. The van der Waals surface area contributed by atoms with E-state index in [4.69, 9.17) is 10.2 Å². The van der Waals surface area contributed by atoms with Gasteiger partial charge in [0, 0.05) is 52.4 Å². The fraction of sp³-hybridized carbons (Fsp3) is 0.636. The predicted octanol–water partition coefficient (Wildman–Crippen LogP) is -5.24. The molecule has 0 aromatic carbocycles. The Kier molecular flexibility index (Phi) is 18.1. The normalized spacial score (nSPS) is 10.5. The molecule has 0 radical (unpaired) electrons. The molecular formula is C22H38N14O8. The van der Waals surface area contributed by atoms with E-state index in [-0.39, 0.29) is 24.7 Å². The van der Waals surface area contributed by atoms with Gasteiger partial charge in [-0.25, -0.2) is 0 Å². The lowest BCUT2D eigenvalue weighted by atomic mass is 10.3. The smallest absolute Gasteiger partial charge is 0.312 e. The van der Waals surface area contributed by atoms with Gasteiger partial charge in [0.2, 0.25) is 23.6 Å². The number of carboxylic acid groups (broad SMARTS) is 2. The molecule has 0 bridgehead atoms. The van der Waals surface area contributed by atoms with E-state index in [0.717, 1.165) is 0 Å². The van der Waals surface area contributed by atoms with Crippen molar-refractivity contribution in [3.8, 4) is 0 Å². The molecule has 0 fully saturated rings. The van der Waals surface area contributed by atoms with E-state index in [2.05, 4.69) is 62.5 Å². The van der Waals surface area contributed by atoms with Crippen LogP contribution < -0.4 is 21.3 Å². The Labute approximate surface area is 251 Å². The van der Waals surface area contributed by atoms with Gasteiger partial charge < -0.3 is 41.3 Å². The maximum atomic E-state index is 11.6. The summed E-state index contributed by atoms with van der Waals surface area (Å²) in [6, 6.07) is 0. The molecule has 22 nitrogen and oxygen atoms in total. The summed E-state index contributed by atoms with van der Waals surface area (Å²) in [7, 11) is 3.66. The molecule has 0 aliphatic rings. The summed E-state index contributed by atoms with van der Waals surface area (Å²) >= 11 is 0. The van der Waals surface area contributed by atoms with Crippen molar-refractivity contribution in [2.24, 2.45) is 0 Å². The summed E-state index contributed by atoms with van der Waals surface area (Å²) in [6.45, 7) is 3.85. The topological polar surface area (TPSA) is 306 Å². The van der Waals surface area contributed by atoms with Crippen molar-refractivity contribution in [3.05, 3.63) is 11.6 Å². The molecule has 0 aliphatic heterocycles. The van der Waals surface area contributed by atoms with Gasteiger partial charge >= 0.3 is 11.9 Å². The number of carbonyl (C=O) groups excluding carboxylic acids is 4. The van der Waals surface area contributed by atoms with E-state index in [1.54, 1.807) is 7.05 Å². The van der Waals surface area contributed by atoms with Crippen molar-refractivity contribution in [2.45, 2.75) is 25.7 Å². The highest BCUT2D eigenvalue weighted by atomic mass is 16.4. The molecule has 0 saturated carbocycles. The number of aromatic nitrogens is 8. The number of H-pyrrole nitrogens is 2. The number of carbonyl (C=O) groups is 6. The summed E-state index contributed by atoms with van der Waals surface area (Å²) in [5, 5.41) is 53.3. The first-order valence-electron chi connectivity index (χ1n) is 13.3. The van der Waals surface area contributed by atoms with Crippen molar-refractivity contribution in [1.82, 2.24) is 72.3 Å². The van der Waals surface area contributed by atoms with E-state index in [1.165, 1.54) is 0 Å². The van der Waals surface area contributed by atoms with Crippen molar-refractivity contribution < 1.29 is 39.0 Å². The van der Waals surface area contributed by atoms with Crippen LogP contribution in [0, 0.1) is 0 Å². The minimum absolute atomic E-state index is 0.0896. The second-order valence-corrected chi connectivity index (χ2v) is 9.16. The lowest BCUT2D eigenvalue weighted by Gasteiger charge is -2.17. The lowest BCUT2D eigenvalue weighted by Crippen LogP contribution is -2.38. The van der Waals surface area contributed by atoms with Gasteiger partial charge in [0.05, 0.1) is 12.8 Å². The van der Waals surface area contributed by atoms with Gasteiger partial charge in [0.15, 0.2) is 11.6 Å². The van der Waals surface area contributed by atoms with Crippen molar-refractivity contribution in [3.63, 3.8) is 0 Å². The number of hydrogen-bond donors (Lipinski definition) is 8. The predicted molar refractivity (Wildman–Crippen MR) is 147 cm³/mol. The monoisotopic (exact) mass is 626 g/mol. The zero-order valence-electron chi connectivity index (χ0n) is 24.4. The van der Waals surface area contributed by atoms with Crippen LogP contribution in [0.15, 0.2) is 0 Å². The van der Waals surface area contributed by atoms with Crippen LogP contribution in [0.2, 0.25) is 0 Å². The molecule has 4 amide bonds. The molecule has 0 aliphatic carbocycles. The number of aromatic amines is 2. The summed E-state index contributed by atoms with van der Waals surface area (Å²) in [4.78, 5) is 69.5. The number of rotatable bonds is 20. The molecule has 44 heavy (non-hydrogen) atoms. The number of hydrogen-bond acceptors (Lipinski definition) is 14. The number of nitrogens with zero attached hydrogens (tertiary/aromatic N) is 8. The maximum Gasteiger partial charge on any atom is 0.312 e. The second kappa shape index (κ2) is 21.6. The van der Waals surface area contributed by atoms with Crippen LogP contribution >= 0.6 is 0 Å². The minimum atomic E-state index is -1.18. The fourth-order valence-corrected chi connectivity index (χ4v) is 3.10. The first kappa shape index (κ1) is 36.9. The summed E-state index contributed by atoms with van der Waals surface area (Å²) in [5.41, 5.74) is 0. The summed E-state index contributed by atoms with van der Waals surface area (Å²) < 4.78 is 0. The third-order valence-corrected chi connectivity index (χ3v) is 5.30. The Hall–Kier alpha value is -5.12. The molecule has 244 valence electrons. The molecular weight excluding hydrogens is 588 g/mol. The molecule has 0 spiro atoms. The SMILES string of the molecule is CN(CCNC(=O)CC(=O)O)CCNC(=O)CC(=O)O.CN(CCNC(=O)Cc1nn[nH]n1)CCNC(=O)Cc1nn[nH]n1. The van der Waals surface area contributed by atoms with Gasteiger partial charge in [-0.15, -0.1) is 20.4 Å². The Morgan fingerprint density at radius 3 is 1.18 bits per heavy atom. The quantitative estimate of drug-likeness (QED) is 0.0636. The average molecular weight is 627 g/mol. The summed E-state index contributed by atoms with van der Waals surface area (Å²) in [5.74, 6) is -3.11. The van der Waals surface area contributed by atoms with Crippen LogP contribution in [-0.2, 0) is 41.6 Å². The summed E-state index contributed by atoms with van der Waals surface area (Å²) in [6.07, 6.45) is -0.942. The third kappa shape index (κ3) is 19.9. The number of nitrogens with one attached hydrogen (secondary N) is 6. The van der Waals surface area contributed by atoms with Crippen molar-refractivity contribution >= 4 is 35.6 Å². The lowest BCUT2D eigenvalue weighted by molar-refractivity contribution is -0.142. The van der Waals surface area contributed by atoms with Gasteiger partial charge in [-0.2, -0.15) is 10.4 Å². The van der Waals surface area contributed by atoms with Gasteiger partial charge in [-0.3, -0.25) is 28.8 Å². The highest BCUT2D eigenvalue weighted by Crippen LogP contribution is 1.88. The van der Waals surface area contributed by atoms with Crippen LogP contribution in [0.25, 0.3) is 0 Å². The highest BCUT2D eigenvalue weighted by molar-refractivity contribution is 5.93. The number of tetrazole rings is 2. The molecule has 0 saturated heterocycles. The number of likely N-dealkylation sites (N-methyl/N-ethyl adjacent to an activating group) is 2. The molecule has 0 atom stereocenters. The maximum absolute atomic E-state index is 11.6. The first-order chi connectivity index (χ1) is 20.9. The van der Waals surface area contributed by atoms with E-state index in [0.29, 0.717) is 64.0 Å². The molecule has 2 aromatic heterocycles. The number of carboxylic acids is 2. The van der Waals surface area contributed by atoms with Gasteiger partial charge in [0.25, 0.3) is 0 Å². The molecule has 2 heterocycles. The molecule has 2 rings (SSSR count). The number of amides is 4. The molecule has 0 unspecified atom stereocenters. The van der Waals surface area contributed by atoms with E-state index in [1.807, 2.05) is 16.8 Å². The van der Waals surface area contributed by atoms with Crippen LogP contribution in [0.3, 0.4) is 0 Å². The van der Waals surface area contributed by atoms with Gasteiger partial charge in [0.1, 0.15) is 12.8 Å². The van der Waals surface area contributed by atoms with Crippen LogP contribution in [0.4, 0.5) is 0 Å². The van der Waals surface area contributed by atoms with Crippen molar-refractivity contribution in [2.75, 3.05) is 66.5 Å². The third-order valence-electron chi connectivity index (χ3n) is 5.30. The van der Waals surface area contributed by atoms with Crippen LogP contribution in [0.5, 0.6) is 0 Å². The minimum Gasteiger partial charge on any atom is -0.481 e. The van der Waals surface area contributed by atoms with Gasteiger partial charge in [-0.1, -0.05) is 10.4 Å². The van der Waals surface area contributed by atoms with Gasteiger partial charge in [-0.05, 0) is 14.1 Å². The Balaban J connectivity index is 0.000000449. The largest absolute Gasteiger partial charge is 0.481 e. The van der Waals surface area contributed by atoms with E-state index >= 15 is 0 Å². The van der Waals surface area contributed by atoms with Crippen LogP contribution in [-0.4, -0.2) is 163 Å². The zero-order chi connectivity index (χ0) is 32.7. The van der Waals surface area contributed by atoms with Crippen molar-refractivity contribution in [1.29, 1.82) is 0 Å². The first-order valence-corrected chi connectivity index (χ1v) is 13.3. The van der Waals surface area contributed by atoms with Crippen LogP contribution in [0.1, 0.15) is 24.5 Å². The Bertz CT molecular complexity index is 1070. The standard InChI is InChI=1S/C11H19N11O2.C11H19N3O6/c1-22(4-2-12-10(23)6-8-14-18-19-15-8)5-3-13-11(24)7-9-16-20-21-17-9;1-14(4-2-12-8(15)6-10(17)18)5-3-13-9(16)7-11(19)20/h2-7H2,1H3,(H,12,23)(H,13,24)(H,14,15,18,19)(H,16,17,20,21);2-7H2,1H3,(H,12,15)(H,13,16)(H,17,18)(H,19,20). The fourth-order valence-electron chi connectivity index (χ4n) is 3.10. The average Bonchev–Trinajstić information content (AvgIpc) is 3.63. The Morgan fingerprint density at radius 2 is 0.909 bits per heavy atom.